The molecule has 2 nitrogen and oxygen atoms in total. The topological polar surface area (TPSA) is 15.3 Å². The van der Waals surface area contributed by atoms with Gasteiger partial charge in [0.1, 0.15) is 0 Å². The maximum Gasteiger partial charge on any atom is 0.0224 e. The van der Waals surface area contributed by atoms with Crippen LogP contribution in [0.15, 0.2) is 0 Å². The molecule has 0 aromatic carbocycles. The highest BCUT2D eigenvalue weighted by atomic mass is 15.3. The van der Waals surface area contributed by atoms with Crippen molar-refractivity contribution in [1.82, 2.24) is 10.2 Å². The predicted octanol–water partition coefficient (Wildman–Crippen LogP) is 2.88. The molecule has 1 saturated heterocycles. The average molecular weight is 238 g/mol. The molecule has 0 aromatic heterocycles. The molecule has 1 N–H and O–H groups in total. The van der Waals surface area contributed by atoms with Gasteiger partial charge in [0.15, 0.2) is 0 Å². The first kappa shape index (κ1) is 13.4. The molecule has 2 heteroatoms. The number of nitrogens with zero attached hydrogens (tertiary/aromatic N) is 1. The van der Waals surface area contributed by atoms with Gasteiger partial charge >= 0.3 is 0 Å². The van der Waals surface area contributed by atoms with Crippen molar-refractivity contribution in [3.05, 3.63) is 0 Å². The molecule has 2 rings (SSSR count). The van der Waals surface area contributed by atoms with E-state index in [1.807, 2.05) is 0 Å². The molecule has 0 spiro atoms. The van der Waals surface area contributed by atoms with Crippen molar-refractivity contribution in [2.24, 2.45) is 11.8 Å². The molecule has 2 aliphatic rings. The number of hydrogen-bond donors (Lipinski definition) is 1. The second-order valence-electron chi connectivity index (χ2n) is 6.50. The Bertz CT molecular complexity index is 237. The van der Waals surface area contributed by atoms with E-state index in [-0.39, 0.29) is 0 Å². The van der Waals surface area contributed by atoms with E-state index in [2.05, 4.69) is 37.9 Å². The first-order chi connectivity index (χ1) is 8.11. The lowest BCUT2D eigenvalue weighted by Gasteiger charge is -2.43. The van der Waals surface area contributed by atoms with E-state index in [9.17, 15) is 0 Å². The van der Waals surface area contributed by atoms with Gasteiger partial charge < -0.3 is 5.32 Å². The van der Waals surface area contributed by atoms with Crippen LogP contribution in [0.2, 0.25) is 0 Å². The Morgan fingerprint density at radius 3 is 2.59 bits per heavy atom. The molecule has 100 valence electrons. The second kappa shape index (κ2) is 5.71. The van der Waals surface area contributed by atoms with Crippen LogP contribution >= 0.6 is 0 Å². The quantitative estimate of drug-likeness (QED) is 0.792. The van der Waals surface area contributed by atoms with Gasteiger partial charge in [-0.25, -0.2) is 0 Å². The van der Waals surface area contributed by atoms with E-state index < -0.39 is 0 Å². The molecule has 17 heavy (non-hydrogen) atoms. The normalized spacial score (nSPS) is 34.6. The molecule has 1 heterocycles. The van der Waals surface area contributed by atoms with Gasteiger partial charge in [0.05, 0.1) is 0 Å². The summed E-state index contributed by atoms with van der Waals surface area (Å²) in [4.78, 5) is 2.76. The van der Waals surface area contributed by atoms with E-state index in [0.717, 1.165) is 23.9 Å². The Morgan fingerprint density at radius 2 is 2.00 bits per heavy atom. The van der Waals surface area contributed by atoms with Crippen molar-refractivity contribution < 1.29 is 0 Å². The first-order valence-electron chi connectivity index (χ1n) is 7.61. The molecule has 1 aliphatic carbocycles. The van der Waals surface area contributed by atoms with Crippen molar-refractivity contribution >= 4 is 0 Å². The second-order valence-corrected chi connectivity index (χ2v) is 6.50. The third-order valence-electron chi connectivity index (χ3n) is 4.85. The Hall–Kier alpha value is -0.0800. The van der Waals surface area contributed by atoms with Crippen LogP contribution < -0.4 is 5.32 Å². The number of rotatable bonds is 5. The molecule has 2 fully saturated rings. The van der Waals surface area contributed by atoms with Gasteiger partial charge in [0.25, 0.3) is 0 Å². The van der Waals surface area contributed by atoms with E-state index in [0.29, 0.717) is 6.04 Å². The van der Waals surface area contributed by atoms with Gasteiger partial charge in [-0.1, -0.05) is 20.3 Å². The third-order valence-corrected chi connectivity index (χ3v) is 4.85. The maximum atomic E-state index is 3.74. The Morgan fingerprint density at radius 1 is 1.29 bits per heavy atom. The van der Waals surface area contributed by atoms with Gasteiger partial charge in [-0.15, -0.1) is 0 Å². The van der Waals surface area contributed by atoms with Crippen LogP contribution in [0.3, 0.4) is 0 Å². The molecule has 0 radical (unpaired) electrons. The highest BCUT2D eigenvalue weighted by Gasteiger charge is 2.37. The monoisotopic (exact) mass is 238 g/mol. The van der Waals surface area contributed by atoms with Crippen LogP contribution in [-0.4, -0.2) is 36.1 Å². The van der Waals surface area contributed by atoms with E-state index in [1.165, 1.54) is 38.8 Å². The number of hydrogen-bond acceptors (Lipinski definition) is 2. The zero-order valence-corrected chi connectivity index (χ0v) is 12.1. The van der Waals surface area contributed by atoms with Crippen LogP contribution in [0.4, 0.5) is 0 Å². The fourth-order valence-electron chi connectivity index (χ4n) is 3.22. The van der Waals surface area contributed by atoms with Crippen molar-refractivity contribution in [2.45, 2.75) is 71.5 Å². The van der Waals surface area contributed by atoms with Crippen LogP contribution in [0.1, 0.15) is 53.4 Å². The first-order valence-corrected chi connectivity index (χ1v) is 7.61. The van der Waals surface area contributed by atoms with Gasteiger partial charge in [-0.05, 0) is 44.9 Å². The summed E-state index contributed by atoms with van der Waals surface area (Å²) < 4.78 is 0. The molecular weight excluding hydrogens is 208 g/mol. The number of nitrogens with one attached hydrogen (secondary N) is 1. The van der Waals surface area contributed by atoms with Crippen molar-refractivity contribution in [3.8, 4) is 0 Å². The highest BCUT2D eigenvalue weighted by Crippen LogP contribution is 2.34. The van der Waals surface area contributed by atoms with Crippen LogP contribution in [0.5, 0.6) is 0 Å². The molecular formula is C15H30N2. The van der Waals surface area contributed by atoms with Crippen LogP contribution in [-0.2, 0) is 0 Å². The minimum Gasteiger partial charge on any atom is -0.311 e. The lowest BCUT2D eigenvalue weighted by Crippen LogP contribution is -2.58. The van der Waals surface area contributed by atoms with E-state index in [4.69, 9.17) is 0 Å². The molecule has 4 atom stereocenters. The van der Waals surface area contributed by atoms with Gasteiger partial charge in [-0.3, -0.25) is 4.90 Å². The van der Waals surface area contributed by atoms with Crippen molar-refractivity contribution in [1.29, 1.82) is 0 Å². The fraction of sp³-hybridized carbons (Fsp3) is 1.00. The minimum absolute atomic E-state index is 0.712. The van der Waals surface area contributed by atoms with E-state index in [1.54, 1.807) is 0 Å². The maximum absolute atomic E-state index is 3.74. The highest BCUT2D eigenvalue weighted by molar-refractivity contribution is 4.94. The summed E-state index contributed by atoms with van der Waals surface area (Å²) in [6, 6.07) is 2.25. The standard InChI is InChI=1S/C15H30N2/c1-5-11(2)8-12(3)17-10-15(14-6-7-14)16-9-13(17)4/h11-16H,5-10H2,1-4H3. The molecule has 4 unspecified atom stereocenters. The van der Waals surface area contributed by atoms with Crippen molar-refractivity contribution in [3.63, 3.8) is 0 Å². The minimum atomic E-state index is 0.712. The number of piperazine rings is 1. The SMILES string of the molecule is CCC(C)CC(C)N1CC(C2CC2)NCC1C. The van der Waals surface area contributed by atoms with Crippen molar-refractivity contribution in [2.75, 3.05) is 13.1 Å². The van der Waals surface area contributed by atoms with Crippen LogP contribution in [0.25, 0.3) is 0 Å². The summed E-state index contributed by atoms with van der Waals surface area (Å²) in [7, 11) is 0. The summed E-state index contributed by atoms with van der Waals surface area (Å²) in [5.41, 5.74) is 0. The Kier molecular flexibility index (Phi) is 4.48. The third kappa shape index (κ3) is 3.45. The summed E-state index contributed by atoms with van der Waals surface area (Å²) >= 11 is 0. The van der Waals surface area contributed by atoms with Crippen LogP contribution in [0, 0.1) is 11.8 Å². The molecule has 0 aromatic rings. The molecule has 1 saturated carbocycles. The largest absolute Gasteiger partial charge is 0.311 e. The predicted molar refractivity (Wildman–Crippen MR) is 74.2 cm³/mol. The van der Waals surface area contributed by atoms with Gasteiger partial charge in [0, 0.05) is 31.2 Å². The van der Waals surface area contributed by atoms with Gasteiger partial charge in [0.2, 0.25) is 0 Å². The molecule has 1 aliphatic heterocycles. The fourth-order valence-corrected chi connectivity index (χ4v) is 3.22. The van der Waals surface area contributed by atoms with Gasteiger partial charge in [-0.2, -0.15) is 0 Å². The Labute approximate surface area is 107 Å². The smallest absolute Gasteiger partial charge is 0.0224 e. The lowest BCUT2D eigenvalue weighted by atomic mass is 9.96. The average Bonchev–Trinajstić information content (AvgIpc) is 3.13. The zero-order chi connectivity index (χ0) is 12.4. The van der Waals surface area contributed by atoms with E-state index >= 15 is 0 Å². The summed E-state index contributed by atoms with van der Waals surface area (Å²) in [5, 5.41) is 3.74. The zero-order valence-electron chi connectivity index (χ0n) is 12.1. The Balaban J connectivity index is 1.87. The summed E-state index contributed by atoms with van der Waals surface area (Å²) in [6.45, 7) is 12.0. The summed E-state index contributed by atoms with van der Waals surface area (Å²) in [5.74, 6) is 1.85. The molecule has 0 amide bonds. The lowest BCUT2D eigenvalue weighted by molar-refractivity contribution is 0.0808. The summed E-state index contributed by atoms with van der Waals surface area (Å²) in [6.07, 6.45) is 5.59. The molecule has 0 bridgehead atoms.